The van der Waals surface area contributed by atoms with Gasteiger partial charge in [0, 0.05) is 29.6 Å². The minimum Gasteiger partial charge on any atom is -0.228 e. The molecule has 25 heavy (non-hydrogen) atoms. The molecule has 2 nitrogen and oxygen atoms in total. The lowest BCUT2D eigenvalue weighted by Crippen LogP contribution is -2.40. The molecule has 132 valence electrons. The Bertz CT molecular complexity index is 838. The highest BCUT2D eigenvalue weighted by atomic mass is 32.2. The molecule has 0 aromatic rings. The molecule has 3 heteroatoms. The van der Waals surface area contributed by atoms with Gasteiger partial charge in [-0.05, 0) is 38.5 Å². The highest BCUT2D eigenvalue weighted by molar-refractivity contribution is 7.93. The highest BCUT2D eigenvalue weighted by Gasteiger charge is 2.72. The Balaban J connectivity index is 1.60. The number of allylic oxidation sites excluding steroid dienone is 6. The van der Waals surface area contributed by atoms with E-state index in [1.165, 1.54) is 24.0 Å². The minimum absolute atomic E-state index is 0.0795. The van der Waals surface area contributed by atoms with Gasteiger partial charge in [-0.1, -0.05) is 41.9 Å². The van der Waals surface area contributed by atoms with Crippen molar-refractivity contribution in [1.82, 2.24) is 0 Å². The van der Waals surface area contributed by atoms with Crippen LogP contribution in [0.4, 0.5) is 0 Å². The van der Waals surface area contributed by atoms with Crippen LogP contribution in [-0.2, 0) is 9.84 Å². The Labute approximate surface area is 151 Å². The van der Waals surface area contributed by atoms with E-state index in [0.717, 1.165) is 38.5 Å². The molecular formula is C22H26O2S. The lowest BCUT2D eigenvalue weighted by atomic mass is 9.60. The molecule has 2 aliphatic heterocycles. The molecule has 5 aliphatic rings. The van der Waals surface area contributed by atoms with Gasteiger partial charge in [0.05, 0.1) is 10.5 Å². The van der Waals surface area contributed by atoms with E-state index in [4.69, 9.17) is 6.42 Å². The zero-order valence-corrected chi connectivity index (χ0v) is 15.5. The van der Waals surface area contributed by atoms with Gasteiger partial charge >= 0.3 is 0 Å². The number of sulfone groups is 1. The average Bonchev–Trinajstić information content (AvgIpc) is 3.17. The molecule has 0 unspecified atom stereocenters. The smallest absolute Gasteiger partial charge is 0.159 e. The van der Waals surface area contributed by atoms with E-state index in [9.17, 15) is 8.42 Å². The molecule has 5 rings (SSSR count). The molecular weight excluding hydrogens is 328 g/mol. The Kier molecular flexibility index (Phi) is 3.42. The SMILES string of the molecule is C#CCCCCC1=C[C@@H]2C=C[C@@H]3C=C4CCCC[C@]45[C@H]1[C@H]2S(=O)(=O)[C@H]35. The molecule has 0 N–H and O–H groups in total. The average molecular weight is 355 g/mol. The van der Waals surface area contributed by atoms with Crippen LogP contribution in [0.5, 0.6) is 0 Å². The van der Waals surface area contributed by atoms with Crippen LogP contribution in [0.2, 0.25) is 0 Å². The lowest BCUT2D eigenvalue weighted by Gasteiger charge is -2.42. The van der Waals surface area contributed by atoms with Gasteiger partial charge in [0.1, 0.15) is 0 Å². The summed E-state index contributed by atoms with van der Waals surface area (Å²) in [6, 6.07) is 0. The Morgan fingerprint density at radius 2 is 2.00 bits per heavy atom. The molecule has 0 radical (unpaired) electrons. The van der Waals surface area contributed by atoms with Crippen LogP contribution in [0.15, 0.2) is 35.5 Å². The molecule has 0 amide bonds. The van der Waals surface area contributed by atoms with Crippen LogP contribution in [0.3, 0.4) is 0 Å². The van der Waals surface area contributed by atoms with Crippen molar-refractivity contribution in [2.24, 2.45) is 23.2 Å². The number of hydrogen-bond donors (Lipinski definition) is 0. The second kappa shape index (κ2) is 5.36. The van der Waals surface area contributed by atoms with Crippen LogP contribution < -0.4 is 0 Å². The minimum atomic E-state index is -3.08. The predicted molar refractivity (Wildman–Crippen MR) is 100 cm³/mol. The third kappa shape index (κ3) is 1.90. The van der Waals surface area contributed by atoms with Crippen molar-refractivity contribution in [2.45, 2.75) is 61.9 Å². The standard InChI is InChI=1S/C22H26O2S/c1-2-3-4-5-8-15-13-16-10-11-17-14-18-9-6-7-12-22(18)19(15)20(16)25(23,24)21(17)22/h1,10-11,13-14,16-17,19-21H,3-9,12H2/t16-,17+,19+,20-,21+,22+/m0/s1. The van der Waals surface area contributed by atoms with E-state index in [2.05, 4.69) is 30.2 Å². The van der Waals surface area contributed by atoms with Gasteiger partial charge in [-0.3, -0.25) is 0 Å². The van der Waals surface area contributed by atoms with Gasteiger partial charge < -0.3 is 0 Å². The van der Waals surface area contributed by atoms with Crippen LogP contribution in [0, 0.1) is 35.5 Å². The first kappa shape index (κ1) is 15.9. The Morgan fingerprint density at radius 1 is 1.16 bits per heavy atom. The first-order valence-electron chi connectivity index (χ1n) is 9.87. The van der Waals surface area contributed by atoms with Gasteiger partial charge in [-0.2, -0.15) is 0 Å². The van der Waals surface area contributed by atoms with Gasteiger partial charge in [0.2, 0.25) is 0 Å². The van der Waals surface area contributed by atoms with Gasteiger partial charge in [-0.15, -0.1) is 12.3 Å². The third-order valence-electron chi connectivity index (χ3n) is 7.53. The van der Waals surface area contributed by atoms with E-state index in [1.54, 1.807) is 0 Å². The quantitative estimate of drug-likeness (QED) is 0.431. The zero-order chi connectivity index (χ0) is 17.2. The van der Waals surface area contributed by atoms with Crippen molar-refractivity contribution in [3.05, 3.63) is 35.5 Å². The molecule has 3 aliphatic carbocycles. The summed E-state index contributed by atoms with van der Waals surface area (Å²) in [4.78, 5) is 0. The molecule has 2 bridgehead atoms. The van der Waals surface area contributed by atoms with Crippen LogP contribution in [0.25, 0.3) is 0 Å². The topological polar surface area (TPSA) is 34.1 Å². The monoisotopic (exact) mass is 354 g/mol. The summed E-state index contributed by atoms with van der Waals surface area (Å²) in [5, 5.41) is -0.371. The van der Waals surface area contributed by atoms with E-state index in [1.807, 2.05) is 0 Å². The molecule has 2 heterocycles. The predicted octanol–water partition coefficient (Wildman–Crippen LogP) is 4.20. The molecule has 6 atom stereocenters. The largest absolute Gasteiger partial charge is 0.228 e. The van der Waals surface area contributed by atoms with Crippen LogP contribution in [-0.4, -0.2) is 18.9 Å². The molecule has 0 aromatic carbocycles. The maximum Gasteiger partial charge on any atom is 0.159 e. The molecule has 2 fully saturated rings. The summed E-state index contributed by atoms with van der Waals surface area (Å²) in [6.07, 6.45) is 23.0. The summed E-state index contributed by atoms with van der Waals surface area (Å²) in [6.45, 7) is 0. The summed E-state index contributed by atoms with van der Waals surface area (Å²) in [5.41, 5.74) is 2.83. The first-order chi connectivity index (χ1) is 12.1. The number of hydrogen-bond acceptors (Lipinski definition) is 2. The van der Waals surface area contributed by atoms with Crippen LogP contribution >= 0.6 is 0 Å². The molecule has 0 aromatic heterocycles. The van der Waals surface area contributed by atoms with Crippen molar-refractivity contribution in [3.63, 3.8) is 0 Å². The fourth-order valence-electron chi connectivity index (χ4n) is 6.85. The summed E-state index contributed by atoms with van der Waals surface area (Å²) >= 11 is 0. The van der Waals surface area contributed by atoms with Crippen molar-refractivity contribution in [2.75, 3.05) is 0 Å². The maximum atomic E-state index is 13.6. The number of unbranched alkanes of at least 4 members (excludes halogenated alkanes) is 2. The second-order valence-electron chi connectivity index (χ2n) is 8.58. The molecule has 1 saturated heterocycles. The fourth-order valence-corrected chi connectivity index (χ4v) is 10.2. The van der Waals surface area contributed by atoms with E-state index in [-0.39, 0.29) is 33.7 Å². The van der Waals surface area contributed by atoms with E-state index in [0.29, 0.717) is 0 Å². The Morgan fingerprint density at radius 3 is 2.84 bits per heavy atom. The molecule has 1 saturated carbocycles. The maximum absolute atomic E-state index is 13.6. The van der Waals surface area contributed by atoms with Crippen molar-refractivity contribution >= 4 is 9.84 Å². The van der Waals surface area contributed by atoms with Crippen molar-refractivity contribution in [3.8, 4) is 12.3 Å². The first-order valence-corrected chi connectivity index (χ1v) is 11.5. The number of rotatable bonds is 4. The van der Waals surface area contributed by atoms with Gasteiger partial charge in [0.15, 0.2) is 9.84 Å². The van der Waals surface area contributed by atoms with Gasteiger partial charge in [0.25, 0.3) is 0 Å². The van der Waals surface area contributed by atoms with E-state index < -0.39 is 9.84 Å². The summed E-state index contributed by atoms with van der Waals surface area (Å²) in [5.74, 6) is 3.17. The Hall–Kier alpha value is -1.27. The third-order valence-corrected chi connectivity index (χ3v) is 10.3. The van der Waals surface area contributed by atoms with Crippen LogP contribution in [0.1, 0.15) is 51.4 Å². The van der Waals surface area contributed by atoms with Crippen molar-refractivity contribution < 1.29 is 8.42 Å². The van der Waals surface area contributed by atoms with Gasteiger partial charge in [-0.25, -0.2) is 8.42 Å². The fraction of sp³-hybridized carbons (Fsp3) is 0.636. The highest BCUT2D eigenvalue weighted by Crippen LogP contribution is 2.69. The normalized spacial score (nSPS) is 44.7. The second-order valence-corrected chi connectivity index (χ2v) is 10.8. The number of terminal acetylenes is 1. The van der Waals surface area contributed by atoms with E-state index >= 15 is 0 Å². The molecule has 1 spiro atoms. The zero-order valence-electron chi connectivity index (χ0n) is 14.7. The lowest BCUT2D eigenvalue weighted by molar-refractivity contribution is 0.200. The van der Waals surface area contributed by atoms with Crippen molar-refractivity contribution in [1.29, 1.82) is 0 Å². The summed E-state index contributed by atoms with van der Waals surface area (Å²) in [7, 11) is -3.08. The summed E-state index contributed by atoms with van der Waals surface area (Å²) < 4.78 is 27.1.